The summed E-state index contributed by atoms with van der Waals surface area (Å²) >= 11 is 1.83. The van der Waals surface area contributed by atoms with Crippen molar-refractivity contribution >= 4 is 29.4 Å². The number of ether oxygens (including phenoxy) is 1. The molecule has 2 heterocycles. The van der Waals surface area contributed by atoms with Crippen LogP contribution in [0.2, 0.25) is 0 Å². The van der Waals surface area contributed by atoms with Crippen LogP contribution in [0.1, 0.15) is 31.7 Å². The van der Waals surface area contributed by atoms with Gasteiger partial charge in [0.2, 0.25) is 5.91 Å². The number of nitrogens with zero attached hydrogens (tertiary/aromatic N) is 2. The molecule has 1 amide bonds. The maximum atomic E-state index is 12.3. The third-order valence-electron chi connectivity index (χ3n) is 4.03. The lowest BCUT2D eigenvalue weighted by molar-refractivity contribution is -0.141. The minimum Gasteiger partial charge on any atom is -0.466 e. The van der Waals surface area contributed by atoms with Gasteiger partial charge in [-0.15, -0.1) is 11.8 Å². The zero-order valence-corrected chi connectivity index (χ0v) is 14.0. The monoisotopic (exact) mass is 332 g/mol. The highest BCUT2D eigenvalue weighted by Gasteiger charge is 2.32. The van der Waals surface area contributed by atoms with Gasteiger partial charge >= 0.3 is 5.97 Å². The number of carbonyl (C=O) groups excluding carboxylic acids is 2. The number of amides is 1. The second kappa shape index (κ2) is 7.17. The van der Waals surface area contributed by atoms with E-state index in [4.69, 9.17) is 4.74 Å². The van der Waals surface area contributed by atoms with Crippen LogP contribution < -0.4 is 0 Å². The van der Waals surface area contributed by atoms with E-state index >= 15 is 0 Å². The van der Waals surface area contributed by atoms with Crippen molar-refractivity contribution in [3.05, 3.63) is 29.8 Å². The van der Waals surface area contributed by atoms with Crippen molar-refractivity contribution in [1.82, 2.24) is 5.01 Å². The lowest BCUT2D eigenvalue weighted by Crippen LogP contribution is -2.38. The number of hydrazone groups is 1. The number of benzene rings is 1. The zero-order valence-electron chi connectivity index (χ0n) is 13.2. The zero-order chi connectivity index (χ0) is 16.2. The van der Waals surface area contributed by atoms with Gasteiger partial charge in [-0.3, -0.25) is 9.59 Å². The molecule has 0 fully saturated rings. The smallest absolute Gasteiger partial charge is 0.302 e. The van der Waals surface area contributed by atoms with Gasteiger partial charge in [-0.05, 0) is 18.2 Å². The second-order valence-electron chi connectivity index (χ2n) is 5.73. The highest BCUT2D eigenvalue weighted by atomic mass is 32.2. The van der Waals surface area contributed by atoms with Gasteiger partial charge in [-0.1, -0.05) is 18.2 Å². The minimum atomic E-state index is -0.295. The van der Waals surface area contributed by atoms with Crippen LogP contribution in [0.25, 0.3) is 0 Å². The quantitative estimate of drug-likeness (QED) is 0.628. The molecule has 1 aromatic carbocycles. The number of fused-ring (bicyclic) bond motifs is 3. The summed E-state index contributed by atoms with van der Waals surface area (Å²) in [5, 5.41) is 6.19. The summed E-state index contributed by atoms with van der Waals surface area (Å²) in [6.45, 7) is 2.19. The molecule has 1 atom stereocenters. The molecular formula is C17H20N2O3S. The predicted octanol–water partition coefficient (Wildman–Crippen LogP) is 2.69. The average Bonchev–Trinajstić information content (AvgIpc) is 2.70. The SMILES string of the molecule is CC(=O)OCCCN1N=C2c3ccccc3SCCC2CC1=O. The first-order valence-electron chi connectivity index (χ1n) is 7.89. The first kappa shape index (κ1) is 16.1. The van der Waals surface area contributed by atoms with Gasteiger partial charge in [0.15, 0.2) is 0 Å². The molecule has 0 radical (unpaired) electrons. The van der Waals surface area contributed by atoms with E-state index in [1.807, 2.05) is 23.9 Å². The molecule has 1 aromatic rings. The van der Waals surface area contributed by atoms with Crippen LogP contribution in [0.15, 0.2) is 34.3 Å². The molecule has 0 N–H and O–H groups in total. The molecule has 2 aliphatic rings. The first-order valence-corrected chi connectivity index (χ1v) is 8.88. The fraction of sp³-hybridized carbons (Fsp3) is 0.471. The van der Waals surface area contributed by atoms with Gasteiger partial charge in [-0.25, -0.2) is 5.01 Å². The minimum absolute atomic E-state index is 0.0611. The Hall–Kier alpha value is -1.82. The summed E-state index contributed by atoms with van der Waals surface area (Å²) in [7, 11) is 0. The second-order valence-corrected chi connectivity index (χ2v) is 6.87. The number of rotatable bonds is 4. The number of hydrogen-bond donors (Lipinski definition) is 0. The standard InChI is InChI=1S/C17H20N2O3S/c1-12(20)22-9-4-8-19-16(21)11-13-7-10-23-15-6-3-2-5-14(15)17(13)18-19/h2-3,5-6,13H,4,7-11H2,1H3. The van der Waals surface area contributed by atoms with Crippen LogP contribution in [0.3, 0.4) is 0 Å². The topological polar surface area (TPSA) is 59.0 Å². The fourth-order valence-electron chi connectivity index (χ4n) is 2.91. The molecular weight excluding hydrogens is 312 g/mol. The molecule has 0 bridgehead atoms. The molecule has 0 spiro atoms. The molecule has 23 heavy (non-hydrogen) atoms. The van der Waals surface area contributed by atoms with Gasteiger partial charge in [0.25, 0.3) is 0 Å². The van der Waals surface area contributed by atoms with E-state index in [1.54, 1.807) is 5.01 Å². The Balaban J connectivity index is 1.78. The number of hydrogen-bond acceptors (Lipinski definition) is 5. The third-order valence-corrected chi connectivity index (χ3v) is 5.14. The number of carbonyl (C=O) groups is 2. The molecule has 6 heteroatoms. The maximum absolute atomic E-state index is 12.3. The number of esters is 1. The molecule has 122 valence electrons. The van der Waals surface area contributed by atoms with E-state index in [2.05, 4.69) is 17.2 Å². The van der Waals surface area contributed by atoms with Crippen LogP contribution >= 0.6 is 11.8 Å². The van der Waals surface area contributed by atoms with Crippen LogP contribution in [0, 0.1) is 5.92 Å². The average molecular weight is 332 g/mol. The Morgan fingerprint density at radius 3 is 3.09 bits per heavy atom. The largest absolute Gasteiger partial charge is 0.466 e. The summed E-state index contributed by atoms with van der Waals surface area (Å²) in [6.07, 6.45) is 2.09. The van der Waals surface area contributed by atoms with Crippen LogP contribution in [-0.4, -0.2) is 41.5 Å². The highest BCUT2D eigenvalue weighted by molar-refractivity contribution is 7.99. The third kappa shape index (κ3) is 3.75. The Morgan fingerprint density at radius 2 is 2.26 bits per heavy atom. The lowest BCUT2D eigenvalue weighted by Gasteiger charge is -2.28. The van der Waals surface area contributed by atoms with E-state index in [0.717, 1.165) is 23.4 Å². The maximum Gasteiger partial charge on any atom is 0.302 e. The van der Waals surface area contributed by atoms with Crippen molar-refractivity contribution < 1.29 is 14.3 Å². The van der Waals surface area contributed by atoms with Crippen molar-refractivity contribution in [2.75, 3.05) is 18.9 Å². The van der Waals surface area contributed by atoms with Gasteiger partial charge in [-0.2, -0.15) is 5.10 Å². The summed E-state index contributed by atoms with van der Waals surface area (Å²) in [5.41, 5.74) is 2.18. The van der Waals surface area contributed by atoms with Gasteiger partial charge in [0, 0.05) is 42.7 Å². The van der Waals surface area contributed by atoms with Crippen molar-refractivity contribution in [3.63, 3.8) is 0 Å². The molecule has 0 saturated heterocycles. The van der Waals surface area contributed by atoms with E-state index in [-0.39, 0.29) is 17.8 Å². The normalized spacial score (nSPS) is 20.2. The molecule has 0 saturated carbocycles. The Labute approximate surface area is 140 Å². The molecule has 0 aromatic heterocycles. The Morgan fingerprint density at radius 1 is 1.43 bits per heavy atom. The highest BCUT2D eigenvalue weighted by Crippen LogP contribution is 2.35. The fourth-order valence-corrected chi connectivity index (χ4v) is 4.04. The summed E-state index contributed by atoms with van der Waals surface area (Å²) < 4.78 is 4.92. The van der Waals surface area contributed by atoms with E-state index < -0.39 is 0 Å². The lowest BCUT2D eigenvalue weighted by atomic mass is 9.90. The first-order chi connectivity index (χ1) is 11.1. The Kier molecular flexibility index (Phi) is 5.00. The Bertz CT molecular complexity index is 644. The van der Waals surface area contributed by atoms with Crippen LogP contribution in [0.5, 0.6) is 0 Å². The van der Waals surface area contributed by atoms with Gasteiger partial charge in [0.1, 0.15) is 0 Å². The predicted molar refractivity (Wildman–Crippen MR) is 89.4 cm³/mol. The van der Waals surface area contributed by atoms with Crippen LogP contribution in [-0.2, 0) is 14.3 Å². The van der Waals surface area contributed by atoms with Crippen molar-refractivity contribution in [2.24, 2.45) is 11.0 Å². The molecule has 5 nitrogen and oxygen atoms in total. The summed E-state index contributed by atoms with van der Waals surface area (Å²) in [4.78, 5) is 24.3. The van der Waals surface area contributed by atoms with Crippen LogP contribution in [0.4, 0.5) is 0 Å². The van der Waals surface area contributed by atoms with E-state index in [9.17, 15) is 9.59 Å². The van der Waals surface area contributed by atoms with E-state index in [1.165, 1.54) is 11.8 Å². The molecule has 3 rings (SSSR count). The van der Waals surface area contributed by atoms with Gasteiger partial charge < -0.3 is 4.74 Å². The number of thioether (sulfide) groups is 1. The van der Waals surface area contributed by atoms with Crippen molar-refractivity contribution in [1.29, 1.82) is 0 Å². The molecule has 1 unspecified atom stereocenters. The molecule has 2 aliphatic heterocycles. The van der Waals surface area contributed by atoms with Gasteiger partial charge in [0.05, 0.1) is 12.3 Å². The van der Waals surface area contributed by atoms with E-state index in [0.29, 0.717) is 26.0 Å². The van der Waals surface area contributed by atoms with Crippen molar-refractivity contribution in [3.8, 4) is 0 Å². The summed E-state index contributed by atoms with van der Waals surface area (Å²) in [5.74, 6) is 0.992. The van der Waals surface area contributed by atoms with Crippen molar-refractivity contribution in [2.45, 2.75) is 31.1 Å². The summed E-state index contributed by atoms with van der Waals surface area (Å²) in [6, 6.07) is 8.27. The molecule has 0 aliphatic carbocycles.